The lowest BCUT2D eigenvalue weighted by molar-refractivity contribution is -0.139. The smallest absolute Gasteiger partial charge is 0.411 e. The van der Waals surface area contributed by atoms with E-state index < -0.39 is 17.7 Å². The molecule has 25 heavy (non-hydrogen) atoms. The molecular formula is C20H30N2O3. The Bertz CT molecular complexity index is 634. The fourth-order valence-electron chi connectivity index (χ4n) is 3.22. The van der Waals surface area contributed by atoms with Gasteiger partial charge in [-0.2, -0.15) is 0 Å². The van der Waals surface area contributed by atoms with Crippen LogP contribution in [0, 0.1) is 0 Å². The molecule has 1 heterocycles. The molecule has 1 aliphatic heterocycles. The van der Waals surface area contributed by atoms with Gasteiger partial charge >= 0.3 is 6.09 Å². The van der Waals surface area contributed by atoms with Crippen LogP contribution in [0.3, 0.4) is 0 Å². The van der Waals surface area contributed by atoms with Crippen LogP contribution in [-0.2, 0) is 22.5 Å². The molecule has 0 saturated heterocycles. The van der Waals surface area contributed by atoms with Crippen LogP contribution in [0.4, 0.5) is 4.79 Å². The maximum Gasteiger partial charge on any atom is 0.411 e. The predicted molar refractivity (Wildman–Crippen MR) is 98.2 cm³/mol. The van der Waals surface area contributed by atoms with E-state index in [1.165, 1.54) is 0 Å². The summed E-state index contributed by atoms with van der Waals surface area (Å²) in [6.45, 7) is 12.5. The van der Waals surface area contributed by atoms with E-state index in [2.05, 4.69) is 0 Å². The quantitative estimate of drug-likeness (QED) is 0.840. The van der Waals surface area contributed by atoms with Crippen molar-refractivity contribution in [2.75, 3.05) is 6.54 Å². The number of amides is 2. The molecule has 1 aromatic rings. The van der Waals surface area contributed by atoms with Crippen molar-refractivity contribution in [1.29, 1.82) is 0 Å². The third-order valence-corrected chi connectivity index (χ3v) is 4.41. The molecule has 0 aromatic heterocycles. The monoisotopic (exact) mass is 346 g/mol. The lowest BCUT2D eigenvalue weighted by Gasteiger charge is -2.39. The number of carbonyl (C=O) groups is 2. The van der Waals surface area contributed by atoms with E-state index in [0.717, 1.165) is 11.1 Å². The Morgan fingerprint density at radius 2 is 1.84 bits per heavy atom. The van der Waals surface area contributed by atoms with Gasteiger partial charge in [0.15, 0.2) is 0 Å². The SMILES string of the molecule is CCN(C(=O)[C@@H]1Cc2ccccc2CN1C(=O)OC(C)(C)C)C(C)C. The number of likely N-dealkylation sites (N-methyl/N-ethyl adjacent to an activating group) is 1. The zero-order valence-corrected chi connectivity index (χ0v) is 16.2. The van der Waals surface area contributed by atoms with Gasteiger partial charge in [-0.3, -0.25) is 9.69 Å². The van der Waals surface area contributed by atoms with Crippen molar-refractivity contribution in [1.82, 2.24) is 9.80 Å². The summed E-state index contributed by atoms with van der Waals surface area (Å²) < 4.78 is 5.56. The Hall–Kier alpha value is -2.04. The second-order valence-electron chi connectivity index (χ2n) is 7.81. The average Bonchev–Trinajstić information content (AvgIpc) is 2.52. The van der Waals surface area contributed by atoms with Crippen LogP contribution in [0.1, 0.15) is 52.7 Å². The summed E-state index contributed by atoms with van der Waals surface area (Å²) in [7, 11) is 0. The van der Waals surface area contributed by atoms with E-state index in [1.807, 2.05) is 70.7 Å². The second-order valence-corrected chi connectivity index (χ2v) is 7.81. The summed E-state index contributed by atoms with van der Waals surface area (Å²) in [6, 6.07) is 7.55. The maximum absolute atomic E-state index is 13.1. The van der Waals surface area contributed by atoms with E-state index in [-0.39, 0.29) is 11.9 Å². The lowest BCUT2D eigenvalue weighted by atomic mass is 9.93. The fourth-order valence-corrected chi connectivity index (χ4v) is 3.22. The van der Waals surface area contributed by atoms with E-state index in [1.54, 1.807) is 4.90 Å². The highest BCUT2D eigenvalue weighted by molar-refractivity contribution is 5.87. The standard InChI is InChI=1S/C20H30N2O3/c1-7-21(14(2)3)18(23)17-12-15-10-8-9-11-16(15)13-22(17)19(24)25-20(4,5)6/h8-11,14,17H,7,12-13H2,1-6H3/t17-/m0/s1. The molecule has 5 nitrogen and oxygen atoms in total. The van der Waals surface area contributed by atoms with Gasteiger partial charge in [-0.1, -0.05) is 24.3 Å². The predicted octanol–water partition coefficient (Wildman–Crippen LogP) is 3.61. The average molecular weight is 346 g/mol. The molecule has 1 aliphatic rings. The van der Waals surface area contributed by atoms with Gasteiger partial charge in [0.1, 0.15) is 11.6 Å². The van der Waals surface area contributed by atoms with E-state index >= 15 is 0 Å². The van der Waals surface area contributed by atoms with Crippen LogP contribution in [0.25, 0.3) is 0 Å². The molecule has 138 valence electrons. The molecule has 2 rings (SSSR count). The zero-order chi connectivity index (χ0) is 18.8. The molecule has 1 atom stereocenters. The first-order valence-corrected chi connectivity index (χ1v) is 9.01. The minimum atomic E-state index is -0.593. The van der Waals surface area contributed by atoms with Gasteiger partial charge < -0.3 is 9.64 Å². The molecule has 0 bridgehead atoms. The first kappa shape index (κ1) is 19.3. The number of hydrogen-bond acceptors (Lipinski definition) is 3. The van der Waals surface area contributed by atoms with Crippen molar-refractivity contribution in [3.05, 3.63) is 35.4 Å². The zero-order valence-electron chi connectivity index (χ0n) is 16.2. The number of fused-ring (bicyclic) bond motifs is 1. The topological polar surface area (TPSA) is 49.9 Å². The molecule has 0 unspecified atom stereocenters. The highest BCUT2D eigenvalue weighted by atomic mass is 16.6. The van der Waals surface area contributed by atoms with Crippen LogP contribution in [-0.4, -0.2) is 46.0 Å². The summed E-state index contributed by atoms with van der Waals surface area (Å²) in [5.41, 5.74) is 1.61. The van der Waals surface area contributed by atoms with E-state index in [4.69, 9.17) is 4.74 Å². The second kappa shape index (κ2) is 7.46. The number of rotatable bonds is 3. The first-order chi connectivity index (χ1) is 11.6. The molecule has 0 radical (unpaired) electrons. The molecule has 1 aromatic carbocycles. The molecule has 0 saturated carbocycles. The number of benzene rings is 1. The van der Waals surface area contributed by atoms with Crippen LogP contribution in [0.2, 0.25) is 0 Å². The molecule has 0 spiro atoms. The summed E-state index contributed by atoms with van der Waals surface area (Å²) in [5.74, 6) is -0.0159. The highest BCUT2D eigenvalue weighted by Gasteiger charge is 2.39. The summed E-state index contributed by atoms with van der Waals surface area (Å²) in [5, 5.41) is 0. The Morgan fingerprint density at radius 3 is 2.36 bits per heavy atom. The normalized spacial score (nSPS) is 17.2. The Balaban J connectivity index is 2.35. The van der Waals surface area contributed by atoms with Crippen LogP contribution >= 0.6 is 0 Å². The highest BCUT2D eigenvalue weighted by Crippen LogP contribution is 2.26. The van der Waals surface area contributed by atoms with Gasteiger partial charge in [0, 0.05) is 19.0 Å². The Morgan fingerprint density at radius 1 is 1.24 bits per heavy atom. The van der Waals surface area contributed by atoms with Gasteiger partial charge in [-0.05, 0) is 52.7 Å². The van der Waals surface area contributed by atoms with Crippen LogP contribution in [0.15, 0.2) is 24.3 Å². The van der Waals surface area contributed by atoms with Crippen molar-refractivity contribution >= 4 is 12.0 Å². The van der Waals surface area contributed by atoms with Crippen molar-refractivity contribution in [3.8, 4) is 0 Å². The van der Waals surface area contributed by atoms with E-state index in [9.17, 15) is 9.59 Å². The number of hydrogen-bond donors (Lipinski definition) is 0. The molecular weight excluding hydrogens is 316 g/mol. The minimum Gasteiger partial charge on any atom is -0.444 e. The molecule has 5 heteroatoms. The third-order valence-electron chi connectivity index (χ3n) is 4.41. The van der Waals surface area contributed by atoms with Crippen LogP contribution in [0.5, 0.6) is 0 Å². The molecule has 0 fully saturated rings. The fraction of sp³-hybridized carbons (Fsp3) is 0.600. The largest absolute Gasteiger partial charge is 0.444 e. The summed E-state index contributed by atoms with van der Waals surface area (Å²) in [4.78, 5) is 29.3. The molecule has 0 aliphatic carbocycles. The Kier molecular flexibility index (Phi) is 5.76. The molecule has 0 N–H and O–H groups in total. The van der Waals surface area contributed by atoms with Crippen molar-refractivity contribution < 1.29 is 14.3 Å². The molecule has 2 amide bonds. The third kappa shape index (κ3) is 4.53. The van der Waals surface area contributed by atoms with Crippen molar-refractivity contribution in [3.63, 3.8) is 0 Å². The first-order valence-electron chi connectivity index (χ1n) is 9.01. The number of carbonyl (C=O) groups excluding carboxylic acids is 2. The van der Waals surface area contributed by atoms with Gasteiger partial charge in [0.25, 0.3) is 0 Å². The van der Waals surface area contributed by atoms with Crippen LogP contribution < -0.4 is 0 Å². The number of nitrogens with zero attached hydrogens (tertiary/aromatic N) is 2. The number of ether oxygens (including phenoxy) is 1. The van der Waals surface area contributed by atoms with Gasteiger partial charge in [0.2, 0.25) is 5.91 Å². The van der Waals surface area contributed by atoms with E-state index in [0.29, 0.717) is 19.5 Å². The maximum atomic E-state index is 13.1. The van der Waals surface area contributed by atoms with Gasteiger partial charge in [0.05, 0.1) is 6.54 Å². The van der Waals surface area contributed by atoms with Crippen molar-refractivity contribution in [2.24, 2.45) is 0 Å². The summed E-state index contributed by atoms with van der Waals surface area (Å²) in [6.07, 6.45) is 0.0949. The Labute approximate surface area is 150 Å². The van der Waals surface area contributed by atoms with Gasteiger partial charge in [-0.15, -0.1) is 0 Å². The van der Waals surface area contributed by atoms with Crippen molar-refractivity contribution in [2.45, 2.75) is 72.2 Å². The summed E-state index contributed by atoms with van der Waals surface area (Å²) >= 11 is 0. The lowest BCUT2D eigenvalue weighted by Crippen LogP contribution is -2.55. The van der Waals surface area contributed by atoms with Gasteiger partial charge in [-0.25, -0.2) is 4.79 Å². The minimum absolute atomic E-state index is 0.0159.